The highest BCUT2D eigenvalue weighted by Crippen LogP contribution is 2.15. The highest BCUT2D eigenvalue weighted by atomic mass is 16.5. The Morgan fingerprint density at radius 2 is 2.16 bits per heavy atom. The Morgan fingerprint density at radius 3 is 2.88 bits per heavy atom. The van der Waals surface area contributed by atoms with Crippen molar-refractivity contribution in [2.75, 3.05) is 19.0 Å². The van der Waals surface area contributed by atoms with Crippen molar-refractivity contribution in [2.24, 2.45) is 0 Å². The van der Waals surface area contributed by atoms with Crippen molar-refractivity contribution in [3.8, 4) is 11.8 Å². The van der Waals surface area contributed by atoms with E-state index in [1.165, 1.54) is 19.2 Å². The van der Waals surface area contributed by atoms with Crippen LogP contribution in [0.25, 0.3) is 11.0 Å². The first-order chi connectivity index (χ1) is 12.1. The SMILES string of the molecule is COc1ccc2c(c1)[n+]([O-])c(NCCCn1ccc(C#N)c1)n[n+]2[O-]. The minimum atomic E-state index is -0.0685. The van der Waals surface area contributed by atoms with E-state index in [2.05, 4.69) is 16.5 Å². The van der Waals surface area contributed by atoms with Crippen LogP contribution in [-0.2, 0) is 6.54 Å². The van der Waals surface area contributed by atoms with E-state index >= 15 is 0 Å². The number of benzene rings is 1. The minimum Gasteiger partial charge on any atom is -0.739 e. The molecule has 0 fully saturated rings. The first-order valence-electron chi connectivity index (χ1n) is 7.63. The summed E-state index contributed by atoms with van der Waals surface area (Å²) >= 11 is 0. The van der Waals surface area contributed by atoms with Crippen LogP contribution in [-0.4, -0.2) is 23.3 Å². The molecule has 3 aromatic rings. The Hall–Kier alpha value is -3.54. The maximum absolute atomic E-state index is 12.4. The van der Waals surface area contributed by atoms with E-state index in [4.69, 9.17) is 10.00 Å². The van der Waals surface area contributed by atoms with Gasteiger partial charge in [-0.15, -0.1) is 0 Å². The number of anilines is 1. The molecule has 1 aromatic carbocycles. The van der Waals surface area contributed by atoms with E-state index < -0.39 is 0 Å². The van der Waals surface area contributed by atoms with Gasteiger partial charge in [0.2, 0.25) is 5.10 Å². The Morgan fingerprint density at radius 1 is 1.32 bits per heavy atom. The lowest BCUT2D eigenvalue weighted by Gasteiger charge is -2.11. The molecule has 9 heteroatoms. The molecule has 9 nitrogen and oxygen atoms in total. The molecule has 128 valence electrons. The summed E-state index contributed by atoms with van der Waals surface area (Å²) < 4.78 is 7.55. The summed E-state index contributed by atoms with van der Waals surface area (Å²) in [6.45, 7) is 1.12. The van der Waals surface area contributed by atoms with Crippen LogP contribution in [0.15, 0.2) is 36.7 Å². The standard InChI is InChI=1S/C16H16N6O3/c1-25-13-3-4-14-15(9-13)21(23)16(19-22(14)24)18-6-2-7-20-8-5-12(10-17)11-20/h3-5,8-9,11H,2,6-7H2,1H3,(H,18,19). The van der Waals surface area contributed by atoms with Crippen LogP contribution in [0.4, 0.5) is 5.95 Å². The number of ether oxygens (including phenoxy) is 1. The zero-order valence-electron chi connectivity index (χ0n) is 13.5. The van der Waals surface area contributed by atoms with Gasteiger partial charge in [-0.3, -0.25) is 5.32 Å². The Balaban J connectivity index is 1.70. The van der Waals surface area contributed by atoms with Crippen molar-refractivity contribution in [1.82, 2.24) is 9.67 Å². The lowest BCUT2D eigenvalue weighted by Crippen LogP contribution is -2.44. The van der Waals surface area contributed by atoms with Gasteiger partial charge in [0.1, 0.15) is 11.8 Å². The van der Waals surface area contributed by atoms with Gasteiger partial charge in [-0.05, 0) is 18.6 Å². The smallest absolute Gasteiger partial charge is 0.460 e. The van der Waals surface area contributed by atoms with Crippen LogP contribution in [0, 0.1) is 21.7 Å². The number of aryl methyl sites for hydroxylation is 1. The van der Waals surface area contributed by atoms with Crippen molar-refractivity contribution in [3.63, 3.8) is 0 Å². The van der Waals surface area contributed by atoms with Crippen LogP contribution < -0.4 is 19.6 Å². The summed E-state index contributed by atoms with van der Waals surface area (Å²) in [5.74, 6) is 0.413. The summed E-state index contributed by atoms with van der Waals surface area (Å²) in [6, 6.07) is 8.38. The highest BCUT2D eigenvalue weighted by molar-refractivity contribution is 5.70. The number of methoxy groups -OCH3 is 1. The normalized spacial score (nSPS) is 10.6. The monoisotopic (exact) mass is 340 g/mol. The average Bonchev–Trinajstić information content (AvgIpc) is 3.10. The van der Waals surface area contributed by atoms with E-state index in [9.17, 15) is 10.4 Å². The van der Waals surface area contributed by atoms with E-state index in [0.717, 1.165) is 0 Å². The molecule has 0 radical (unpaired) electrons. The molecule has 0 amide bonds. The molecule has 25 heavy (non-hydrogen) atoms. The van der Waals surface area contributed by atoms with Crippen LogP contribution in [0.2, 0.25) is 0 Å². The molecular formula is C16H16N6O3. The molecule has 0 aliphatic heterocycles. The van der Waals surface area contributed by atoms with Crippen molar-refractivity contribution in [1.29, 1.82) is 5.26 Å². The molecule has 2 heterocycles. The second kappa shape index (κ2) is 6.92. The Kier molecular flexibility index (Phi) is 4.52. The number of nitrogens with zero attached hydrogens (tertiary/aromatic N) is 5. The molecule has 0 saturated heterocycles. The molecule has 0 atom stereocenters. The van der Waals surface area contributed by atoms with Gasteiger partial charge in [0, 0.05) is 35.9 Å². The Bertz CT molecular complexity index is 947. The van der Waals surface area contributed by atoms with Crippen molar-refractivity contribution < 1.29 is 14.3 Å². The van der Waals surface area contributed by atoms with Gasteiger partial charge < -0.3 is 19.7 Å². The maximum atomic E-state index is 12.4. The maximum Gasteiger partial charge on any atom is 0.460 e. The second-order valence-corrected chi connectivity index (χ2v) is 5.38. The third-order valence-corrected chi connectivity index (χ3v) is 3.74. The summed E-state index contributed by atoms with van der Waals surface area (Å²) in [5.41, 5.74) is 0.941. The van der Waals surface area contributed by atoms with Gasteiger partial charge in [-0.25, -0.2) is 4.73 Å². The average molecular weight is 340 g/mol. The van der Waals surface area contributed by atoms with Crippen LogP contribution in [0.3, 0.4) is 0 Å². The van der Waals surface area contributed by atoms with E-state index in [-0.39, 0.29) is 17.0 Å². The van der Waals surface area contributed by atoms with E-state index in [1.807, 2.05) is 10.8 Å². The lowest BCUT2D eigenvalue weighted by atomic mass is 10.3. The molecule has 3 rings (SSSR count). The van der Waals surface area contributed by atoms with Crippen LogP contribution in [0.5, 0.6) is 5.75 Å². The molecule has 0 aliphatic rings. The minimum absolute atomic E-state index is 0.0685. The molecule has 0 aliphatic carbocycles. The zero-order chi connectivity index (χ0) is 17.8. The lowest BCUT2D eigenvalue weighted by molar-refractivity contribution is -0.672. The predicted octanol–water partition coefficient (Wildman–Crippen LogP) is 0.686. The van der Waals surface area contributed by atoms with Crippen molar-refractivity contribution in [2.45, 2.75) is 13.0 Å². The summed E-state index contributed by atoms with van der Waals surface area (Å²) in [7, 11) is 1.49. The van der Waals surface area contributed by atoms with Gasteiger partial charge in [0.05, 0.1) is 19.2 Å². The fourth-order valence-corrected chi connectivity index (χ4v) is 2.46. The van der Waals surface area contributed by atoms with Crippen molar-refractivity contribution >= 4 is 17.0 Å². The van der Waals surface area contributed by atoms with Crippen LogP contribution in [0.1, 0.15) is 12.0 Å². The first-order valence-corrected chi connectivity index (χ1v) is 7.63. The Labute approximate surface area is 143 Å². The summed E-state index contributed by atoms with van der Waals surface area (Å²) in [5, 5.41) is 39.8. The number of nitriles is 1. The number of nitrogens with one attached hydrogen (secondary N) is 1. The highest BCUT2D eigenvalue weighted by Gasteiger charge is 2.20. The fraction of sp³-hybridized carbons (Fsp3) is 0.250. The van der Waals surface area contributed by atoms with Gasteiger partial charge >= 0.3 is 5.95 Å². The topological polar surface area (TPSA) is 117 Å². The molecule has 0 spiro atoms. The molecule has 2 aromatic heterocycles. The second-order valence-electron chi connectivity index (χ2n) is 5.38. The third kappa shape index (κ3) is 3.37. The summed E-state index contributed by atoms with van der Waals surface area (Å²) in [6.07, 6.45) is 4.26. The number of fused-ring (bicyclic) bond motifs is 1. The molecular weight excluding hydrogens is 324 g/mol. The number of aromatic nitrogens is 4. The quantitative estimate of drug-likeness (QED) is 0.401. The number of hydrogen-bond acceptors (Lipinski definition) is 6. The van der Waals surface area contributed by atoms with Gasteiger partial charge in [0.25, 0.3) is 5.52 Å². The molecule has 1 N–H and O–H groups in total. The molecule has 0 unspecified atom stereocenters. The van der Waals surface area contributed by atoms with E-state index in [1.54, 1.807) is 18.3 Å². The number of rotatable bonds is 6. The first kappa shape index (κ1) is 16.3. The van der Waals surface area contributed by atoms with E-state index in [0.29, 0.717) is 40.4 Å². The largest absolute Gasteiger partial charge is 0.739 e. The zero-order valence-corrected chi connectivity index (χ0v) is 13.5. The summed E-state index contributed by atoms with van der Waals surface area (Å²) in [4.78, 5) is 0.413. The third-order valence-electron chi connectivity index (χ3n) is 3.74. The van der Waals surface area contributed by atoms with Gasteiger partial charge in [-0.2, -0.15) is 5.26 Å². The molecule has 0 saturated carbocycles. The number of hydrogen-bond donors (Lipinski definition) is 1. The van der Waals surface area contributed by atoms with Gasteiger partial charge in [-0.1, -0.05) is 0 Å². The molecule has 0 bridgehead atoms. The predicted molar refractivity (Wildman–Crippen MR) is 88.5 cm³/mol. The fourth-order valence-electron chi connectivity index (χ4n) is 2.46. The van der Waals surface area contributed by atoms with Crippen LogP contribution >= 0.6 is 0 Å². The van der Waals surface area contributed by atoms with Crippen molar-refractivity contribution in [3.05, 3.63) is 52.6 Å². The van der Waals surface area contributed by atoms with Gasteiger partial charge in [0.15, 0.2) is 5.52 Å².